The Hall–Kier alpha value is -2.44. The van der Waals surface area contributed by atoms with Gasteiger partial charge in [-0.2, -0.15) is 4.98 Å². The predicted molar refractivity (Wildman–Crippen MR) is 98.6 cm³/mol. The number of aryl methyl sites for hydroxylation is 1. The first-order chi connectivity index (χ1) is 13.1. The third kappa shape index (κ3) is 4.46. The molecule has 144 valence electrons. The molecular weight excluding hydrogens is 344 g/mol. The van der Waals surface area contributed by atoms with Crippen LogP contribution in [-0.2, 0) is 0 Å². The van der Waals surface area contributed by atoms with Crippen molar-refractivity contribution in [2.75, 3.05) is 6.61 Å². The summed E-state index contributed by atoms with van der Waals surface area (Å²) in [5.74, 6) is 2.55. The molecular formula is C20H26N4O3. The van der Waals surface area contributed by atoms with Gasteiger partial charge in [-0.15, -0.1) is 0 Å². The highest BCUT2D eigenvalue weighted by atomic mass is 16.5. The fourth-order valence-corrected chi connectivity index (χ4v) is 3.12. The van der Waals surface area contributed by atoms with E-state index in [0.29, 0.717) is 41.7 Å². The fraction of sp³-hybridized carbons (Fsp3) is 0.600. The van der Waals surface area contributed by atoms with Crippen molar-refractivity contribution in [1.82, 2.24) is 20.4 Å². The third-order valence-electron chi connectivity index (χ3n) is 5.03. The highest BCUT2D eigenvalue weighted by Crippen LogP contribution is 2.44. The molecule has 7 heteroatoms. The lowest BCUT2D eigenvalue weighted by molar-refractivity contribution is 0.0925. The Bertz CT molecular complexity index is 811. The molecule has 1 unspecified atom stereocenters. The highest BCUT2D eigenvalue weighted by Gasteiger charge is 2.30. The topological polar surface area (TPSA) is 90.1 Å². The second kappa shape index (κ2) is 7.66. The van der Waals surface area contributed by atoms with Crippen LogP contribution >= 0.6 is 0 Å². The van der Waals surface area contributed by atoms with E-state index in [4.69, 9.17) is 9.26 Å². The molecule has 1 N–H and O–H groups in total. The first-order valence-electron chi connectivity index (χ1n) is 9.88. The molecule has 0 radical (unpaired) electrons. The number of carbonyl (C=O) groups is 1. The minimum absolute atomic E-state index is 0.241. The van der Waals surface area contributed by atoms with Gasteiger partial charge < -0.3 is 14.6 Å². The van der Waals surface area contributed by atoms with E-state index in [1.54, 1.807) is 13.0 Å². The molecule has 2 aromatic rings. The van der Waals surface area contributed by atoms with Crippen molar-refractivity contribution < 1.29 is 14.1 Å². The summed E-state index contributed by atoms with van der Waals surface area (Å²) in [4.78, 5) is 21.6. The van der Waals surface area contributed by atoms with Crippen LogP contribution in [0.2, 0.25) is 0 Å². The smallest absolute Gasteiger partial charge is 0.270 e. The molecule has 0 aromatic carbocycles. The van der Waals surface area contributed by atoms with Crippen molar-refractivity contribution in [2.45, 2.75) is 64.3 Å². The molecule has 2 aliphatic rings. The maximum Gasteiger partial charge on any atom is 0.270 e. The second-order valence-corrected chi connectivity index (χ2v) is 7.61. The predicted octanol–water partition coefficient (Wildman–Crippen LogP) is 3.71. The van der Waals surface area contributed by atoms with Crippen LogP contribution < -0.4 is 10.1 Å². The maximum absolute atomic E-state index is 12.8. The molecule has 1 amide bonds. The molecule has 0 aliphatic heterocycles. The SMILES string of the molecule is CCCC(NC(=O)c1ccc(C2CC2)c(OCC2CC2)n1)c1noc(C)n1. The number of nitrogens with zero attached hydrogens (tertiary/aromatic N) is 3. The molecule has 2 aromatic heterocycles. The number of ether oxygens (including phenoxy) is 1. The molecule has 7 nitrogen and oxygen atoms in total. The summed E-state index contributed by atoms with van der Waals surface area (Å²) in [6.45, 7) is 4.49. The molecule has 2 aliphatic carbocycles. The number of carbonyl (C=O) groups excluding carboxylic acids is 1. The zero-order chi connectivity index (χ0) is 18.8. The van der Waals surface area contributed by atoms with Gasteiger partial charge in [0.2, 0.25) is 11.8 Å². The number of hydrogen-bond acceptors (Lipinski definition) is 6. The molecule has 0 saturated heterocycles. The summed E-state index contributed by atoms with van der Waals surface area (Å²) in [5.41, 5.74) is 1.50. The molecule has 27 heavy (non-hydrogen) atoms. The third-order valence-corrected chi connectivity index (χ3v) is 5.03. The van der Waals surface area contributed by atoms with Crippen molar-refractivity contribution in [3.05, 3.63) is 35.1 Å². The number of rotatable bonds is 9. The normalized spacial score (nSPS) is 17.6. The minimum Gasteiger partial charge on any atom is -0.477 e. The average Bonchev–Trinajstić information content (AvgIpc) is 3.58. The fourth-order valence-electron chi connectivity index (χ4n) is 3.12. The van der Waals surface area contributed by atoms with Crippen LogP contribution in [-0.4, -0.2) is 27.6 Å². The lowest BCUT2D eigenvalue weighted by Gasteiger charge is -2.15. The first-order valence-corrected chi connectivity index (χ1v) is 9.88. The van der Waals surface area contributed by atoms with Crippen LogP contribution in [0.5, 0.6) is 5.88 Å². The zero-order valence-corrected chi connectivity index (χ0v) is 15.9. The summed E-state index contributed by atoms with van der Waals surface area (Å²) < 4.78 is 11.0. The lowest BCUT2D eigenvalue weighted by atomic mass is 10.1. The van der Waals surface area contributed by atoms with E-state index in [0.717, 1.165) is 18.4 Å². The van der Waals surface area contributed by atoms with Gasteiger partial charge in [-0.3, -0.25) is 4.79 Å². The van der Waals surface area contributed by atoms with E-state index in [9.17, 15) is 4.79 Å². The van der Waals surface area contributed by atoms with Crippen LogP contribution in [0.15, 0.2) is 16.7 Å². The summed E-state index contributed by atoms with van der Waals surface area (Å²) in [5, 5.41) is 6.95. The van der Waals surface area contributed by atoms with Crippen molar-refractivity contribution in [2.24, 2.45) is 5.92 Å². The van der Waals surface area contributed by atoms with Crippen molar-refractivity contribution >= 4 is 5.91 Å². The van der Waals surface area contributed by atoms with Gasteiger partial charge in [-0.1, -0.05) is 24.6 Å². The molecule has 2 saturated carbocycles. The Morgan fingerprint density at radius 3 is 2.74 bits per heavy atom. The summed E-state index contributed by atoms with van der Waals surface area (Å²) in [7, 11) is 0. The molecule has 1 atom stereocenters. The number of pyridine rings is 1. The molecule has 0 spiro atoms. The van der Waals surface area contributed by atoms with Crippen molar-refractivity contribution in [1.29, 1.82) is 0 Å². The Kier molecular flexibility index (Phi) is 5.09. The first kappa shape index (κ1) is 17.9. The van der Waals surface area contributed by atoms with Crippen LogP contribution in [0.3, 0.4) is 0 Å². The van der Waals surface area contributed by atoms with Gasteiger partial charge in [0.15, 0.2) is 5.82 Å². The van der Waals surface area contributed by atoms with E-state index in [-0.39, 0.29) is 11.9 Å². The van der Waals surface area contributed by atoms with Gasteiger partial charge in [0.05, 0.1) is 12.6 Å². The van der Waals surface area contributed by atoms with Gasteiger partial charge >= 0.3 is 0 Å². The monoisotopic (exact) mass is 370 g/mol. The number of amides is 1. The number of nitrogens with one attached hydrogen (secondary N) is 1. The van der Waals surface area contributed by atoms with Crippen LogP contribution in [0.25, 0.3) is 0 Å². The standard InChI is InChI=1S/C20H26N4O3/c1-3-4-16(18-21-12(2)27-24-18)22-19(25)17-10-9-15(14-7-8-14)20(23-17)26-11-13-5-6-13/h9-10,13-14,16H,3-8,11H2,1-2H3,(H,22,25). The Morgan fingerprint density at radius 1 is 1.30 bits per heavy atom. The summed E-state index contributed by atoms with van der Waals surface area (Å²) in [6.07, 6.45) is 6.41. The average molecular weight is 370 g/mol. The molecule has 2 heterocycles. The Labute approximate surface area is 158 Å². The van der Waals surface area contributed by atoms with E-state index in [1.807, 2.05) is 6.07 Å². The van der Waals surface area contributed by atoms with Crippen LogP contribution in [0.4, 0.5) is 0 Å². The zero-order valence-electron chi connectivity index (χ0n) is 15.9. The van der Waals surface area contributed by atoms with Gasteiger partial charge in [0.25, 0.3) is 5.91 Å². The summed E-state index contributed by atoms with van der Waals surface area (Å²) >= 11 is 0. The van der Waals surface area contributed by atoms with Crippen molar-refractivity contribution in [3.63, 3.8) is 0 Å². The molecule has 0 bridgehead atoms. The second-order valence-electron chi connectivity index (χ2n) is 7.61. The van der Waals surface area contributed by atoms with E-state index >= 15 is 0 Å². The summed E-state index contributed by atoms with van der Waals surface area (Å²) in [6, 6.07) is 3.49. The number of hydrogen-bond donors (Lipinski definition) is 1. The Balaban J connectivity index is 1.50. The minimum atomic E-state index is -0.291. The van der Waals surface area contributed by atoms with Gasteiger partial charge in [-0.05, 0) is 50.0 Å². The van der Waals surface area contributed by atoms with Crippen molar-refractivity contribution in [3.8, 4) is 5.88 Å². The van der Waals surface area contributed by atoms with E-state index in [2.05, 4.69) is 27.4 Å². The van der Waals surface area contributed by atoms with Gasteiger partial charge in [-0.25, -0.2) is 4.98 Å². The molecule has 2 fully saturated rings. The largest absolute Gasteiger partial charge is 0.477 e. The van der Waals surface area contributed by atoms with Crippen LogP contribution in [0.1, 0.15) is 85.2 Å². The maximum atomic E-state index is 12.8. The van der Waals surface area contributed by atoms with Gasteiger partial charge in [0, 0.05) is 12.5 Å². The number of aromatic nitrogens is 3. The van der Waals surface area contributed by atoms with Gasteiger partial charge in [0.1, 0.15) is 5.69 Å². The quantitative estimate of drug-likeness (QED) is 0.724. The lowest BCUT2D eigenvalue weighted by Crippen LogP contribution is -2.30. The highest BCUT2D eigenvalue weighted by molar-refractivity contribution is 5.92. The molecule has 4 rings (SSSR count). The van der Waals surface area contributed by atoms with E-state index in [1.165, 1.54) is 25.7 Å². The van der Waals surface area contributed by atoms with E-state index < -0.39 is 0 Å². The van der Waals surface area contributed by atoms with Crippen LogP contribution in [0, 0.1) is 12.8 Å². The Morgan fingerprint density at radius 2 is 2.11 bits per heavy atom.